The van der Waals surface area contributed by atoms with Crippen LogP contribution in [0, 0.1) is 0 Å². The van der Waals surface area contributed by atoms with Crippen molar-refractivity contribution in [3.63, 3.8) is 0 Å². The molecule has 0 N–H and O–H groups in total. The molecule has 0 aromatic rings. The molecule has 3 nitrogen and oxygen atoms in total. The number of ketones is 1. The van der Waals surface area contributed by atoms with E-state index in [9.17, 15) is 4.79 Å². The molecule has 3 heteroatoms. The molecule has 0 amide bonds. The SMILES string of the molecule is COCC(=O)CN(C)C(C)C. The Morgan fingerprint density at radius 3 is 2.45 bits per heavy atom. The van der Waals surface area contributed by atoms with E-state index in [1.165, 1.54) is 7.11 Å². The molecular weight excluding hydrogens is 142 g/mol. The lowest BCUT2D eigenvalue weighted by atomic mass is 10.3. The summed E-state index contributed by atoms with van der Waals surface area (Å²) >= 11 is 0. The monoisotopic (exact) mass is 159 g/mol. The van der Waals surface area contributed by atoms with Crippen LogP contribution in [0.5, 0.6) is 0 Å². The van der Waals surface area contributed by atoms with Gasteiger partial charge < -0.3 is 4.74 Å². The van der Waals surface area contributed by atoms with Gasteiger partial charge in [0.05, 0.1) is 6.54 Å². The van der Waals surface area contributed by atoms with E-state index in [0.29, 0.717) is 12.6 Å². The zero-order valence-corrected chi connectivity index (χ0v) is 7.76. The zero-order valence-electron chi connectivity index (χ0n) is 7.76. The van der Waals surface area contributed by atoms with Gasteiger partial charge >= 0.3 is 0 Å². The van der Waals surface area contributed by atoms with Crippen molar-refractivity contribution < 1.29 is 9.53 Å². The molecule has 66 valence electrons. The summed E-state index contributed by atoms with van der Waals surface area (Å²) in [6, 6.07) is 0.413. The van der Waals surface area contributed by atoms with Crippen molar-refractivity contribution in [1.29, 1.82) is 0 Å². The zero-order chi connectivity index (χ0) is 8.85. The van der Waals surface area contributed by atoms with Crippen molar-refractivity contribution in [2.75, 3.05) is 27.3 Å². The van der Waals surface area contributed by atoms with Crippen LogP contribution in [-0.2, 0) is 9.53 Å². The van der Waals surface area contributed by atoms with Crippen molar-refractivity contribution in [3.8, 4) is 0 Å². The van der Waals surface area contributed by atoms with Crippen LogP contribution in [0.25, 0.3) is 0 Å². The van der Waals surface area contributed by atoms with E-state index in [1.54, 1.807) is 0 Å². The van der Waals surface area contributed by atoms with Crippen LogP contribution in [0.1, 0.15) is 13.8 Å². The Morgan fingerprint density at radius 2 is 2.09 bits per heavy atom. The van der Waals surface area contributed by atoms with Crippen LogP contribution in [0.15, 0.2) is 0 Å². The molecule has 0 aliphatic heterocycles. The highest BCUT2D eigenvalue weighted by molar-refractivity contribution is 5.81. The van der Waals surface area contributed by atoms with Crippen LogP contribution in [0.2, 0.25) is 0 Å². The van der Waals surface area contributed by atoms with E-state index in [0.717, 1.165) is 0 Å². The molecule has 0 fully saturated rings. The average molecular weight is 159 g/mol. The maximum absolute atomic E-state index is 11.0. The number of hydrogen-bond donors (Lipinski definition) is 0. The van der Waals surface area contributed by atoms with Gasteiger partial charge in [0.25, 0.3) is 0 Å². The lowest BCUT2D eigenvalue weighted by Crippen LogP contribution is -2.33. The molecule has 0 atom stereocenters. The highest BCUT2D eigenvalue weighted by Crippen LogP contribution is 1.92. The first-order chi connectivity index (χ1) is 5.07. The topological polar surface area (TPSA) is 29.5 Å². The van der Waals surface area contributed by atoms with Gasteiger partial charge in [0.15, 0.2) is 5.78 Å². The number of hydrogen-bond acceptors (Lipinski definition) is 3. The van der Waals surface area contributed by atoms with E-state index in [1.807, 2.05) is 11.9 Å². The highest BCUT2D eigenvalue weighted by atomic mass is 16.5. The van der Waals surface area contributed by atoms with Gasteiger partial charge in [0.1, 0.15) is 6.61 Å². The van der Waals surface area contributed by atoms with Crippen molar-refractivity contribution in [2.24, 2.45) is 0 Å². The summed E-state index contributed by atoms with van der Waals surface area (Å²) in [4.78, 5) is 13.0. The van der Waals surface area contributed by atoms with Crippen LogP contribution in [0.3, 0.4) is 0 Å². The van der Waals surface area contributed by atoms with Crippen LogP contribution >= 0.6 is 0 Å². The minimum Gasteiger partial charge on any atom is -0.377 e. The Labute approximate surface area is 68.3 Å². The molecule has 0 aliphatic carbocycles. The Kier molecular flexibility index (Phi) is 5.07. The van der Waals surface area contributed by atoms with Crippen LogP contribution in [-0.4, -0.2) is 44.0 Å². The van der Waals surface area contributed by atoms with Crippen molar-refractivity contribution in [3.05, 3.63) is 0 Å². The first-order valence-corrected chi connectivity index (χ1v) is 3.78. The number of nitrogens with zero attached hydrogens (tertiary/aromatic N) is 1. The molecule has 0 saturated carbocycles. The first-order valence-electron chi connectivity index (χ1n) is 3.78. The number of carbonyl (C=O) groups excluding carboxylic acids is 1. The second-order valence-electron chi connectivity index (χ2n) is 2.98. The standard InChI is InChI=1S/C8H17NO2/c1-7(2)9(3)5-8(10)6-11-4/h7H,5-6H2,1-4H3. The molecule has 0 unspecified atom stereocenters. The number of ether oxygens (including phenoxy) is 1. The van der Waals surface area contributed by atoms with Gasteiger partial charge in [-0.05, 0) is 20.9 Å². The first kappa shape index (κ1) is 10.6. The minimum absolute atomic E-state index is 0.128. The normalized spacial score (nSPS) is 11.1. The molecule has 0 spiro atoms. The number of likely N-dealkylation sites (N-methyl/N-ethyl adjacent to an activating group) is 1. The van der Waals surface area contributed by atoms with Gasteiger partial charge in [-0.3, -0.25) is 9.69 Å². The summed E-state index contributed by atoms with van der Waals surface area (Å²) in [5.74, 6) is 0.128. The Hall–Kier alpha value is -0.410. The third kappa shape index (κ3) is 4.93. The fourth-order valence-corrected chi connectivity index (χ4v) is 0.667. The summed E-state index contributed by atoms with van der Waals surface area (Å²) in [5.41, 5.74) is 0. The van der Waals surface area contributed by atoms with E-state index < -0.39 is 0 Å². The molecule has 0 aliphatic rings. The van der Waals surface area contributed by atoms with Gasteiger partial charge in [-0.25, -0.2) is 0 Å². The number of rotatable bonds is 5. The van der Waals surface area contributed by atoms with E-state index in [-0.39, 0.29) is 12.4 Å². The molecule has 0 bridgehead atoms. The summed E-state index contributed by atoms with van der Waals surface area (Å²) in [5, 5.41) is 0. The van der Waals surface area contributed by atoms with Crippen LogP contribution < -0.4 is 0 Å². The third-order valence-electron chi connectivity index (χ3n) is 1.61. The van der Waals surface area contributed by atoms with Gasteiger partial charge in [-0.1, -0.05) is 0 Å². The summed E-state index contributed by atoms with van der Waals surface area (Å²) < 4.78 is 4.71. The molecule has 0 saturated heterocycles. The smallest absolute Gasteiger partial charge is 0.172 e. The van der Waals surface area contributed by atoms with E-state index >= 15 is 0 Å². The van der Waals surface area contributed by atoms with Gasteiger partial charge in [0, 0.05) is 13.2 Å². The van der Waals surface area contributed by atoms with E-state index in [2.05, 4.69) is 13.8 Å². The number of carbonyl (C=O) groups is 1. The molecule has 0 aromatic heterocycles. The lowest BCUT2D eigenvalue weighted by Gasteiger charge is -2.19. The Morgan fingerprint density at radius 1 is 1.55 bits per heavy atom. The minimum atomic E-state index is 0.128. The fourth-order valence-electron chi connectivity index (χ4n) is 0.667. The quantitative estimate of drug-likeness (QED) is 0.586. The maximum Gasteiger partial charge on any atom is 0.172 e. The van der Waals surface area contributed by atoms with E-state index in [4.69, 9.17) is 4.74 Å². The highest BCUT2D eigenvalue weighted by Gasteiger charge is 2.07. The lowest BCUT2D eigenvalue weighted by molar-refractivity contribution is -0.123. The number of Topliss-reactive ketones (excluding diaryl/α,β-unsaturated/α-hetero) is 1. The molecule has 11 heavy (non-hydrogen) atoms. The molecule has 0 radical (unpaired) electrons. The number of methoxy groups -OCH3 is 1. The molecule has 0 rings (SSSR count). The second-order valence-corrected chi connectivity index (χ2v) is 2.98. The average Bonchev–Trinajstić information content (AvgIpc) is 1.87. The van der Waals surface area contributed by atoms with Crippen molar-refractivity contribution >= 4 is 5.78 Å². The van der Waals surface area contributed by atoms with Crippen molar-refractivity contribution in [2.45, 2.75) is 19.9 Å². The van der Waals surface area contributed by atoms with Crippen LogP contribution in [0.4, 0.5) is 0 Å². The summed E-state index contributed by atoms with van der Waals surface area (Å²) in [7, 11) is 3.46. The van der Waals surface area contributed by atoms with Gasteiger partial charge in [0.2, 0.25) is 0 Å². The second kappa shape index (κ2) is 5.27. The Balaban J connectivity index is 3.57. The fraction of sp³-hybridized carbons (Fsp3) is 0.875. The molecule has 0 heterocycles. The summed E-state index contributed by atoms with van der Waals surface area (Å²) in [6.45, 7) is 4.81. The largest absolute Gasteiger partial charge is 0.377 e. The predicted molar refractivity (Wildman–Crippen MR) is 44.6 cm³/mol. The van der Waals surface area contributed by atoms with Gasteiger partial charge in [-0.15, -0.1) is 0 Å². The van der Waals surface area contributed by atoms with Crippen molar-refractivity contribution in [1.82, 2.24) is 4.90 Å². The third-order valence-corrected chi connectivity index (χ3v) is 1.61. The van der Waals surface area contributed by atoms with Gasteiger partial charge in [-0.2, -0.15) is 0 Å². The predicted octanol–water partition coefficient (Wildman–Crippen LogP) is 0.542. The molecular formula is C8H17NO2. The maximum atomic E-state index is 11.0. The Bertz CT molecular complexity index is 123. The molecule has 0 aromatic carbocycles. The summed E-state index contributed by atoms with van der Waals surface area (Å²) in [6.07, 6.45) is 0.